The first-order chi connectivity index (χ1) is 16.1. The number of hydrogen-bond acceptors (Lipinski definition) is 4. The molecule has 0 atom stereocenters. The normalized spacial score (nSPS) is 10.9. The number of hydrogen-bond donors (Lipinski definition) is 5. The topological polar surface area (TPSA) is 117 Å². The molecule has 0 aliphatic rings. The first kappa shape index (κ1) is 25.1. The number of amidine groups is 1. The number of nitrogens with one attached hydrogen (secondary N) is 3. The average molecular weight is 482 g/mol. The molecule has 0 saturated heterocycles. The molecule has 7 N–H and O–H groups in total. The van der Waals surface area contributed by atoms with E-state index in [0.29, 0.717) is 27.4 Å². The molecule has 3 aromatic carbocycles. The summed E-state index contributed by atoms with van der Waals surface area (Å²) < 4.78 is 15.7. The quantitative estimate of drug-likeness (QED) is 0.177. The van der Waals surface area contributed by atoms with Crippen molar-refractivity contribution < 1.29 is 9.18 Å². The molecule has 178 valence electrons. The Morgan fingerprint density at radius 3 is 2.47 bits per heavy atom. The smallest absolute Gasteiger partial charge is 0.224 e. The minimum Gasteiger partial charge on any atom is -0.398 e. The standard InChI is InChI=1S/C26H29ClFN5O/c1-14(2)33-22-12-20(27)24(18-5-4-6-21(29)15(18)3)19(25(22)28)11-23(34)32-13-16-7-9-17(10-8-16)26(30)31/h4-10,12,14,33H,11,13,29H2,1-3H3,(H3,30,31)(H,32,34). The molecule has 6 nitrogen and oxygen atoms in total. The van der Waals surface area contributed by atoms with E-state index >= 15 is 4.39 Å². The Kier molecular flexibility index (Phi) is 7.79. The molecule has 0 aliphatic heterocycles. The molecule has 0 saturated carbocycles. The Balaban J connectivity index is 1.94. The summed E-state index contributed by atoms with van der Waals surface area (Å²) in [6.07, 6.45) is -0.200. The monoisotopic (exact) mass is 481 g/mol. The minimum absolute atomic E-state index is 0.0230. The number of nitrogen functional groups attached to an aromatic ring is 2. The van der Waals surface area contributed by atoms with Crippen LogP contribution in [0.15, 0.2) is 48.5 Å². The zero-order chi connectivity index (χ0) is 25.0. The minimum atomic E-state index is -0.518. The summed E-state index contributed by atoms with van der Waals surface area (Å²) in [6, 6.07) is 13.9. The van der Waals surface area contributed by atoms with Crippen LogP contribution in [0.2, 0.25) is 5.02 Å². The van der Waals surface area contributed by atoms with Crippen LogP contribution in [-0.4, -0.2) is 17.8 Å². The van der Waals surface area contributed by atoms with Gasteiger partial charge in [-0.2, -0.15) is 0 Å². The summed E-state index contributed by atoms with van der Waals surface area (Å²) in [5, 5.41) is 13.7. The second-order valence-electron chi connectivity index (χ2n) is 8.46. The van der Waals surface area contributed by atoms with E-state index < -0.39 is 5.82 Å². The maximum absolute atomic E-state index is 15.7. The van der Waals surface area contributed by atoms with Crippen molar-refractivity contribution >= 4 is 34.7 Å². The van der Waals surface area contributed by atoms with Gasteiger partial charge in [0.25, 0.3) is 0 Å². The van der Waals surface area contributed by atoms with E-state index in [9.17, 15) is 4.79 Å². The molecule has 3 rings (SSSR count). The summed E-state index contributed by atoms with van der Waals surface area (Å²) in [6.45, 7) is 5.89. The highest BCUT2D eigenvalue weighted by molar-refractivity contribution is 6.34. The molecular weight excluding hydrogens is 453 g/mol. The van der Waals surface area contributed by atoms with Crippen molar-refractivity contribution in [2.45, 2.75) is 39.8 Å². The molecule has 0 aliphatic carbocycles. The fraction of sp³-hybridized carbons (Fsp3) is 0.231. The third-order valence-electron chi connectivity index (χ3n) is 5.49. The third kappa shape index (κ3) is 5.66. The van der Waals surface area contributed by atoms with Gasteiger partial charge < -0.3 is 22.1 Å². The molecule has 34 heavy (non-hydrogen) atoms. The molecule has 0 heterocycles. The Morgan fingerprint density at radius 1 is 1.18 bits per heavy atom. The van der Waals surface area contributed by atoms with Gasteiger partial charge in [0, 0.05) is 35.0 Å². The molecule has 0 unspecified atom stereocenters. The molecule has 0 spiro atoms. The van der Waals surface area contributed by atoms with E-state index in [1.165, 1.54) is 0 Å². The van der Waals surface area contributed by atoms with Crippen molar-refractivity contribution in [2.24, 2.45) is 5.73 Å². The van der Waals surface area contributed by atoms with Crippen molar-refractivity contribution in [1.29, 1.82) is 5.41 Å². The van der Waals surface area contributed by atoms with E-state index in [0.717, 1.165) is 11.1 Å². The number of carbonyl (C=O) groups excluding carboxylic acids is 1. The lowest BCUT2D eigenvalue weighted by atomic mass is 9.92. The number of nitrogens with two attached hydrogens (primary N) is 2. The summed E-state index contributed by atoms with van der Waals surface area (Å²) in [7, 11) is 0. The van der Waals surface area contributed by atoms with Crippen molar-refractivity contribution in [3.8, 4) is 11.1 Å². The third-order valence-corrected chi connectivity index (χ3v) is 5.79. The van der Waals surface area contributed by atoms with Crippen LogP contribution in [-0.2, 0) is 17.8 Å². The van der Waals surface area contributed by atoms with Gasteiger partial charge in [-0.15, -0.1) is 0 Å². The average Bonchev–Trinajstić information content (AvgIpc) is 2.78. The van der Waals surface area contributed by atoms with Gasteiger partial charge in [0.2, 0.25) is 5.91 Å². The lowest BCUT2D eigenvalue weighted by molar-refractivity contribution is -0.120. The first-order valence-corrected chi connectivity index (χ1v) is 11.3. The van der Waals surface area contributed by atoms with Gasteiger partial charge in [0.05, 0.1) is 17.1 Å². The maximum Gasteiger partial charge on any atom is 0.224 e. The van der Waals surface area contributed by atoms with E-state index in [1.54, 1.807) is 42.5 Å². The van der Waals surface area contributed by atoms with Crippen molar-refractivity contribution in [2.75, 3.05) is 11.1 Å². The number of anilines is 2. The zero-order valence-corrected chi connectivity index (χ0v) is 20.2. The molecule has 3 aromatic rings. The molecule has 8 heteroatoms. The van der Waals surface area contributed by atoms with Crippen molar-refractivity contribution in [3.63, 3.8) is 0 Å². The van der Waals surface area contributed by atoms with Crippen LogP contribution in [0.4, 0.5) is 15.8 Å². The fourth-order valence-corrected chi connectivity index (χ4v) is 4.03. The molecule has 0 bridgehead atoms. The zero-order valence-electron chi connectivity index (χ0n) is 19.4. The van der Waals surface area contributed by atoms with Crippen LogP contribution in [0.5, 0.6) is 0 Å². The highest BCUT2D eigenvalue weighted by Crippen LogP contribution is 2.40. The van der Waals surface area contributed by atoms with Gasteiger partial charge in [-0.05, 0) is 49.6 Å². The predicted octanol–water partition coefficient (Wildman–Crippen LogP) is 5.00. The molecule has 0 radical (unpaired) electrons. The lowest BCUT2D eigenvalue weighted by Crippen LogP contribution is -2.25. The maximum atomic E-state index is 15.7. The summed E-state index contributed by atoms with van der Waals surface area (Å²) in [4.78, 5) is 12.9. The Hall–Kier alpha value is -3.58. The SMILES string of the molecule is Cc1c(N)cccc1-c1c(Cl)cc(NC(C)C)c(F)c1CC(=O)NCc1ccc(C(=N)N)cc1. The lowest BCUT2D eigenvalue weighted by Gasteiger charge is -2.20. The summed E-state index contributed by atoms with van der Waals surface area (Å²) in [5.74, 6) is -0.895. The van der Waals surface area contributed by atoms with Gasteiger partial charge in [-0.25, -0.2) is 4.39 Å². The van der Waals surface area contributed by atoms with E-state index in [4.69, 9.17) is 28.5 Å². The van der Waals surface area contributed by atoms with E-state index in [2.05, 4.69) is 10.6 Å². The Bertz CT molecular complexity index is 1220. The van der Waals surface area contributed by atoms with E-state index in [1.807, 2.05) is 26.8 Å². The van der Waals surface area contributed by atoms with Crippen LogP contribution in [0.3, 0.4) is 0 Å². The molecule has 0 aromatic heterocycles. The largest absolute Gasteiger partial charge is 0.398 e. The Labute approximate surface area is 204 Å². The molecule has 1 amide bonds. The number of halogens is 2. The summed E-state index contributed by atoms with van der Waals surface area (Å²) >= 11 is 6.64. The molecule has 0 fully saturated rings. The van der Waals surface area contributed by atoms with Crippen LogP contribution < -0.4 is 22.1 Å². The van der Waals surface area contributed by atoms with Crippen LogP contribution >= 0.6 is 11.6 Å². The van der Waals surface area contributed by atoms with Crippen LogP contribution in [0.25, 0.3) is 11.1 Å². The van der Waals surface area contributed by atoms with Crippen molar-refractivity contribution in [3.05, 3.63) is 81.6 Å². The highest BCUT2D eigenvalue weighted by atomic mass is 35.5. The predicted molar refractivity (Wildman–Crippen MR) is 138 cm³/mol. The fourth-order valence-electron chi connectivity index (χ4n) is 3.70. The van der Waals surface area contributed by atoms with Crippen molar-refractivity contribution in [1.82, 2.24) is 5.32 Å². The number of amides is 1. The van der Waals surface area contributed by atoms with Gasteiger partial charge >= 0.3 is 0 Å². The first-order valence-electron chi connectivity index (χ1n) is 10.9. The van der Waals surface area contributed by atoms with E-state index in [-0.39, 0.29) is 42.0 Å². The van der Waals surface area contributed by atoms with Gasteiger partial charge in [-0.1, -0.05) is 48.0 Å². The van der Waals surface area contributed by atoms with Crippen LogP contribution in [0, 0.1) is 18.2 Å². The highest BCUT2D eigenvalue weighted by Gasteiger charge is 2.23. The van der Waals surface area contributed by atoms with Gasteiger partial charge in [-0.3, -0.25) is 10.2 Å². The van der Waals surface area contributed by atoms with Gasteiger partial charge in [0.15, 0.2) is 5.82 Å². The van der Waals surface area contributed by atoms with Gasteiger partial charge in [0.1, 0.15) is 5.84 Å². The Morgan fingerprint density at radius 2 is 1.85 bits per heavy atom. The number of rotatable bonds is 8. The summed E-state index contributed by atoms with van der Waals surface area (Å²) in [5.41, 5.74) is 15.9. The number of benzene rings is 3. The van der Waals surface area contributed by atoms with Crippen LogP contribution in [0.1, 0.15) is 36.1 Å². The second-order valence-corrected chi connectivity index (χ2v) is 8.86. The molecular formula is C26H29ClFN5O. The number of carbonyl (C=O) groups is 1. The second kappa shape index (κ2) is 10.6.